The maximum absolute atomic E-state index is 12.5. The number of hydrogen-bond acceptors (Lipinski definition) is 4. The van der Waals surface area contributed by atoms with Crippen molar-refractivity contribution in [3.8, 4) is 5.88 Å². The highest BCUT2D eigenvalue weighted by atomic mass is 16.5. The molecule has 2 heterocycles. The molecule has 1 fully saturated rings. The average Bonchev–Trinajstić information content (AvgIpc) is 2.51. The van der Waals surface area contributed by atoms with E-state index in [1.807, 2.05) is 19.9 Å². The van der Waals surface area contributed by atoms with Crippen LogP contribution in [0.2, 0.25) is 0 Å². The predicted molar refractivity (Wildman–Crippen MR) is 77.6 cm³/mol. The molecule has 1 aromatic heterocycles. The van der Waals surface area contributed by atoms with Crippen LogP contribution in [-0.4, -0.2) is 40.9 Å². The summed E-state index contributed by atoms with van der Waals surface area (Å²) in [7, 11) is 1.56. The molecule has 1 aliphatic heterocycles. The summed E-state index contributed by atoms with van der Waals surface area (Å²) in [6.45, 7) is 4.18. The second-order valence-electron chi connectivity index (χ2n) is 5.07. The molecule has 6 heteroatoms. The molecule has 1 N–H and O–H groups in total. The molecule has 2 amide bonds. The SMILES string of the molecule is CCC1NC(=O)C(CC)N(Cc2ccc(OC)nc2)C1=O. The van der Waals surface area contributed by atoms with Gasteiger partial charge in [-0.2, -0.15) is 0 Å². The van der Waals surface area contributed by atoms with Crippen LogP contribution in [-0.2, 0) is 16.1 Å². The van der Waals surface area contributed by atoms with Gasteiger partial charge in [-0.15, -0.1) is 0 Å². The van der Waals surface area contributed by atoms with E-state index in [9.17, 15) is 9.59 Å². The summed E-state index contributed by atoms with van der Waals surface area (Å²) in [5.41, 5.74) is 0.882. The Morgan fingerprint density at radius 2 is 2.05 bits per heavy atom. The van der Waals surface area contributed by atoms with E-state index in [4.69, 9.17) is 4.74 Å². The summed E-state index contributed by atoms with van der Waals surface area (Å²) in [4.78, 5) is 30.4. The van der Waals surface area contributed by atoms with Crippen molar-refractivity contribution in [1.82, 2.24) is 15.2 Å². The van der Waals surface area contributed by atoms with Crippen LogP contribution in [0.1, 0.15) is 32.3 Å². The molecule has 6 nitrogen and oxygen atoms in total. The lowest BCUT2D eigenvalue weighted by molar-refractivity contribution is -0.150. The quantitative estimate of drug-likeness (QED) is 0.882. The number of amides is 2. The Kier molecular flexibility index (Phi) is 4.77. The van der Waals surface area contributed by atoms with Crippen LogP contribution in [0.3, 0.4) is 0 Å². The largest absolute Gasteiger partial charge is 0.481 e. The molecule has 0 saturated carbocycles. The number of ether oxygens (including phenoxy) is 1. The van der Waals surface area contributed by atoms with E-state index in [-0.39, 0.29) is 11.8 Å². The van der Waals surface area contributed by atoms with Crippen molar-refractivity contribution in [2.45, 2.75) is 45.3 Å². The zero-order valence-electron chi connectivity index (χ0n) is 12.6. The first-order chi connectivity index (χ1) is 10.1. The van der Waals surface area contributed by atoms with Gasteiger partial charge in [0.25, 0.3) is 0 Å². The highest BCUT2D eigenvalue weighted by Crippen LogP contribution is 2.18. The molecule has 1 saturated heterocycles. The summed E-state index contributed by atoms with van der Waals surface area (Å²) >= 11 is 0. The van der Waals surface area contributed by atoms with Gasteiger partial charge in [0.2, 0.25) is 17.7 Å². The molecule has 0 aliphatic carbocycles. The lowest BCUT2D eigenvalue weighted by Crippen LogP contribution is -2.62. The van der Waals surface area contributed by atoms with Crippen molar-refractivity contribution in [1.29, 1.82) is 0 Å². The summed E-state index contributed by atoms with van der Waals surface area (Å²) in [5.74, 6) is 0.421. The van der Waals surface area contributed by atoms with Crippen molar-refractivity contribution in [2.75, 3.05) is 7.11 Å². The summed E-state index contributed by atoms with van der Waals surface area (Å²) in [6.07, 6.45) is 2.86. The van der Waals surface area contributed by atoms with E-state index in [0.717, 1.165) is 5.56 Å². The maximum Gasteiger partial charge on any atom is 0.246 e. The Hall–Kier alpha value is -2.11. The molecular weight excluding hydrogens is 270 g/mol. The molecule has 21 heavy (non-hydrogen) atoms. The van der Waals surface area contributed by atoms with Gasteiger partial charge >= 0.3 is 0 Å². The number of carbonyl (C=O) groups is 2. The molecule has 0 aromatic carbocycles. The Morgan fingerprint density at radius 1 is 1.29 bits per heavy atom. The van der Waals surface area contributed by atoms with Crippen molar-refractivity contribution in [3.63, 3.8) is 0 Å². The van der Waals surface area contributed by atoms with Crippen molar-refractivity contribution in [2.24, 2.45) is 0 Å². The highest BCUT2D eigenvalue weighted by Gasteiger charge is 2.38. The number of hydrogen-bond donors (Lipinski definition) is 1. The summed E-state index contributed by atoms with van der Waals surface area (Å²) in [6, 6.07) is 2.77. The second-order valence-corrected chi connectivity index (χ2v) is 5.07. The number of pyridine rings is 1. The zero-order valence-corrected chi connectivity index (χ0v) is 12.6. The first-order valence-corrected chi connectivity index (χ1v) is 7.20. The molecule has 0 spiro atoms. The van der Waals surface area contributed by atoms with E-state index >= 15 is 0 Å². The van der Waals surface area contributed by atoms with Gasteiger partial charge in [-0.25, -0.2) is 4.98 Å². The number of rotatable bonds is 5. The normalized spacial score (nSPS) is 22.1. The fourth-order valence-corrected chi connectivity index (χ4v) is 2.52. The zero-order chi connectivity index (χ0) is 15.4. The predicted octanol–water partition coefficient (Wildman–Crippen LogP) is 1.11. The third kappa shape index (κ3) is 3.15. The van der Waals surface area contributed by atoms with Crippen LogP contribution < -0.4 is 10.1 Å². The maximum atomic E-state index is 12.5. The highest BCUT2D eigenvalue weighted by molar-refractivity contribution is 5.96. The van der Waals surface area contributed by atoms with E-state index in [2.05, 4.69) is 10.3 Å². The second kappa shape index (κ2) is 6.56. The topological polar surface area (TPSA) is 71.5 Å². The number of nitrogens with zero attached hydrogens (tertiary/aromatic N) is 2. The fraction of sp³-hybridized carbons (Fsp3) is 0.533. The first kappa shape index (κ1) is 15.3. The average molecular weight is 291 g/mol. The third-order valence-corrected chi connectivity index (χ3v) is 3.73. The number of aromatic nitrogens is 1. The molecule has 2 atom stereocenters. The number of carbonyl (C=O) groups excluding carboxylic acids is 2. The minimum Gasteiger partial charge on any atom is -0.481 e. The van der Waals surface area contributed by atoms with Gasteiger partial charge in [0.1, 0.15) is 12.1 Å². The lowest BCUT2D eigenvalue weighted by atomic mass is 10.0. The molecule has 0 bridgehead atoms. The standard InChI is InChI=1S/C15H21N3O3/c1-4-11-15(20)18(12(5-2)14(19)17-11)9-10-6-7-13(21-3)16-8-10/h6-8,11-12H,4-5,9H2,1-3H3,(H,17,19). The third-order valence-electron chi connectivity index (χ3n) is 3.73. The smallest absolute Gasteiger partial charge is 0.246 e. The van der Waals surface area contributed by atoms with E-state index in [0.29, 0.717) is 25.3 Å². The molecule has 1 aromatic rings. The van der Waals surface area contributed by atoms with Crippen molar-refractivity contribution < 1.29 is 14.3 Å². The Labute approximate surface area is 124 Å². The molecule has 114 valence electrons. The minimum atomic E-state index is -0.425. The number of nitrogens with one attached hydrogen (secondary N) is 1. The van der Waals surface area contributed by atoms with Gasteiger partial charge < -0.3 is 15.0 Å². The van der Waals surface area contributed by atoms with Crippen LogP contribution in [0.25, 0.3) is 0 Å². The monoisotopic (exact) mass is 291 g/mol. The van der Waals surface area contributed by atoms with E-state index < -0.39 is 12.1 Å². The van der Waals surface area contributed by atoms with Gasteiger partial charge in [0.15, 0.2) is 0 Å². The number of methoxy groups -OCH3 is 1. The number of piperazine rings is 1. The van der Waals surface area contributed by atoms with Gasteiger partial charge in [-0.1, -0.05) is 19.9 Å². The Bertz CT molecular complexity index is 515. The summed E-state index contributed by atoms with van der Waals surface area (Å²) < 4.78 is 5.02. The van der Waals surface area contributed by atoms with Gasteiger partial charge in [-0.05, 0) is 18.4 Å². The van der Waals surface area contributed by atoms with Gasteiger partial charge in [-0.3, -0.25) is 9.59 Å². The van der Waals surface area contributed by atoms with Crippen LogP contribution in [0.4, 0.5) is 0 Å². The van der Waals surface area contributed by atoms with E-state index in [1.165, 1.54) is 0 Å². The first-order valence-electron chi connectivity index (χ1n) is 7.20. The van der Waals surface area contributed by atoms with Crippen LogP contribution in [0, 0.1) is 0 Å². The minimum absolute atomic E-state index is 0.0280. The molecule has 2 rings (SSSR count). The molecule has 0 radical (unpaired) electrons. The van der Waals surface area contributed by atoms with Crippen molar-refractivity contribution >= 4 is 11.8 Å². The fourth-order valence-electron chi connectivity index (χ4n) is 2.52. The van der Waals surface area contributed by atoms with Gasteiger partial charge in [0, 0.05) is 18.8 Å². The van der Waals surface area contributed by atoms with Crippen LogP contribution in [0.5, 0.6) is 5.88 Å². The Balaban J connectivity index is 2.20. The molecular formula is C15H21N3O3. The van der Waals surface area contributed by atoms with Crippen LogP contribution in [0.15, 0.2) is 18.3 Å². The molecule has 2 unspecified atom stereocenters. The lowest BCUT2D eigenvalue weighted by Gasteiger charge is -2.38. The summed E-state index contributed by atoms with van der Waals surface area (Å²) in [5, 5.41) is 2.79. The van der Waals surface area contributed by atoms with Gasteiger partial charge in [0.05, 0.1) is 7.11 Å². The van der Waals surface area contributed by atoms with Crippen molar-refractivity contribution in [3.05, 3.63) is 23.9 Å². The molecule has 1 aliphatic rings. The van der Waals surface area contributed by atoms with E-state index in [1.54, 1.807) is 24.3 Å². The Morgan fingerprint density at radius 3 is 2.57 bits per heavy atom. The van der Waals surface area contributed by atoms with Crippen LogP contribution >= 0.6 is 0 Å².